The molecule has 1 heterocycles. The van der Waals surface area contributed by atoms with Gasteiger partial charge in [-0.05, 0) is 50.2 Å². The summed E-state index contributed by atoms with van der Waals surface area (Å²) in [4.78, 5) is 12.4. The number of hydrogen-bond donors (Lipinski definition) is 1. The van der Waals surface area contributed by atoms with Crippen LogP contribution in [0.5, 0.6) is 0 Å². The molecule has 0 radical (unpaired) electrons. The minimum absolute atomic E-state index is 0.161. The summed E-state index contributed by atoms with van der Waals surface area (Å²) in [6.07, 6.45) is 0. The third kappa shape index (κ3) is 4.48. The van der Waals surface area contributed by atoms with Crippen LogP contribution in [0.4, 0.5) is 10.1 Å². The SMILES string of the molecule is CCn1c(SC(C)C(=O)Nc2ccccc2F)nnc1-c1ccc(Cl)cc1. The molecule has 27 heavy (non-hydrogen) atoms. The van der Waals surface area contributed by atoms with Crippen LogP contribution < -0.4 is 5.32 Å². The van der Waals surface area contributed by atoms with Gasteiger partial charge in [-0.1, -0.05) is 35.5 Å². The first-order valence-corrected chi connectivity index (χ1v) is 9.66. The maximum atomic E-state index is 13.7. The van der Waals surface area contributed by atoms with Crippen LogP contribution in [0.1, 0.15) is 13.8 Å². The number of amides is 1. The average molecular weight is 405 g/mol. The molecule has 0 saturated carbocycles. The summed E-state index contributed by atoms with van der Waals surface area (Å²) in [6, 6.07) is 13.4. The van der Waals surface area contributed by atoms with Crippen molar-refractivity contribution in [1.29, 1.82) is 0 Å². The van der Waals surface area contributed by atoms with E-state index in [0.717, 1.165) is 5.56 Å². The van der Waals surface area contributed by atoms with Crippen molar-refractivity contribution in [3.63, 3.8) is 0 Å². The molecule has 0 spiro atoms. The normalized spacial score (nSPS) is 12.0. The zero-order chi connectivity index (χ0) is 19.4. The molecule has 1 amide bonds. The highest BCUT2D eigenvalue weighted by atomic mass is 35.5. The minimum atomic E-state index is -0.475. The van der Waals surface area contributed by atoms with Crippen LogP contribution in [0.3, 0.4) is 0 Å². The summed E-state index contributed by atoms with van der Waals surface area (Å²) >= 11 is 7.22. The molecular formula is C19H18ClFN4OS. The van der Waals surface area contributed by atoms with Gasteiger partial charge in [0, 0.05) is 17.1 Å². The van der Waals surface area contributed by atoms with Gasteiger partial charge in [-0.2, -0.15) is 0 Å². The van der Waals surface area contributed by atoms with Crippen molar-refractivity contribution in [3.05, 3.63) is 59.4 Å². The summed E-state index contributed by atoms with van der Waals surface area (Å²) < 4.78 is 15.7. The number of rotatable bonds is 6. The molecule has 0 fully saturated rings. The number of halogens is 2. The number of nitrogens with zero attached hydrogens (tertiary/aromatic N) is 3. The second-order valence-electron chi connectivity index (χ2n) is 5.79. The lowest BCUT2D eigenvalue weighted by molar-refractivity contribution is -0.115. The van der Waals surface area contributed by atoms with Crippen molar-refractivity contribution in [2.75, 3.05) is 5.32 Å². The maximum Gasteiger partial charge on any atom is 0.237 e. The second-order valence-corrected chi connectivity index (χ2v) is 7.53. The number of benzene rings is 2. The summed E-state index contributed by atoms with van der Waals surface area (Å²) in [5.74, 6) is -0.0630. The van der Waals surface area contributed by atoms with Gasteiger partial charge in [0.25, 0.3) is 0 Å². The predicted molar refractivity (Wildman–Crippen MR) is 106 cm³/mol. The van der Waals surface area contributed by atoms with Gasteiger partial charge in [-0.15, -0.1) is 10.2 Å². The van der Waals surface area contributed by atoms with E-state index in [0.29, 0.717) is 22.5 Å². The number of anilines is 1. The number of nitrogens with one attached hydrogen (secondary N) is 1. The Balaban J connectivity index is 1.76. The highest BCUT2D eigenvalue weighted by Gasteiger charge is 2.21. The van der Waals surface area contributed by atoms with E-state index in [2.05, 4.69) is 15.5 Å². The van der Waals surface area contributed by atoms with Gasteiger partial charge in [0.05, 0.1) is 10.9 Å². The molecular weight excluding hydrogens is 387 g/mol. The Morgan fingerprint density at radius 3 is 2.59 bits per heavy atom. The van der Waals surface area contributed by atoms with E-state index in [1.807, 2.05) is 23.6 Å². The van der Waals surface area contributed by atoms with Crippen molar-refractivity contribution < 1.29 is 9.18 Å². The number of carbonyl (C=O) groups excluding carboxylic acids is 1. The van der Waals surface area contributed by atoms with Crippen LogP contribution in [-0.2, 0) is 11.3 Å². The van der Waals surface area contributed by atoms with Crippen LogP contribution in [0, 0.1) is 5.82 Å². The predicted octanol–water partition coefficient (Wildman–Crippen LogP) is 4.88. The Labute approximate surface area is 166 Å². The number of hydrogen-bond acceptors (Lipinski definition) is 4. The fourth-order valence-electron chi connectivity index (χ4n) is 2.48. The third-order valence-corrected chi connectivity index (χ3v) is 5.25. The lowest BCUT2D eigenvalue weighted by Gasteiger charge is -2.13. The number of aromatic nitrogens is 3. The van der Waals surface area contributed by atoms with E-state index >= 15 is 0 Å². The second kappa shape index (κ2) is 8.54. The van der Waals surface area contributed by atoms with Gasteiger partial charge in [-0.25, -0.2) is 4.39 Å². The number of thioether (sulfide) groups is 1. The summed E-state index contributed by atoms with van der Waals surface area (Å²) in [5.41, 5.74) is 1.05. The molecule has 140 valence electrons. The molecule has 0 saturated heterocycles. The molecule has 0 aliphatic heterocycles. The first-order chi connectivity index (χ1) is 13.0. The Bertz CT molecular complexity index is 945. The zero-order valence-corrected chi connectivity index (χ0v) is 16.4. The van der Waals surface area contributed by atoms with Crippen molar-refractivity contribution >= 4 is 35.0 Å². The van der Waals surface area contributed by atoms with Gasteiger partial charge in [0.2, 0.25) is 5.91 Å². The van der Waals surface area contributed by atoms with E-state index < -0.39 is 11.1 Å². The third-order valence-electron chi connectivity index (χ3n) is 3.92. The van der Waals surface area contributed by atoms with Crippen LogP contribution in [0.25, 0.3) is 11.4 Å². The van der Waals surface area contributed by atoms with Crippen LogP contribution in [0.2, 0.25) is 5.02 Å². The molecule has 5 nitrogen and oxygen atoms in total. The largest absolute Gasteiger partial charge is 0.323 e. The lowest BCUT2D eigenvalue weighted by atomic mass is 10.2. The summed E-state index contributed by atoms with van der Waals surface area (Å²) in [7, 11) is 0. The monoisotopic (exact) mass is 404 g/mol. The first-order valence-electron chi connectivity index (χ1n) is 8.40. The quantitative estimate of drug-likeness (QED) is 0.595. The van der Waals surface area contributed by atoms with Crippen molar-refractivity contribution in [2.24, 2.45) is 0 Å². The maximum absolute atomic E-state index is 13.7. The Morgan fingerprint density at radius 2 is 1.93 bits per heavy atom. The molecule has 0 bridgehead atoms. The smallest absolute Gasteiger partial charge is 0.237 e. The van der Waals surface area contributed by atoms with E-state index in [4.69, 9.17) is 11.6 Å². The van der Waals surface area contributed by atoms with E-state index in [-0.39, 0.29) is 11.6 Å². The number of para-hydroxylation sites is 1. The lowest BCUT2D eigenvalue weighted by Crippen LogP contribution is -2.23. The van der Waals surface area contributed by atoms with Crippen molar-refractivity contribution in [1.82, 2.24) is 14.8 Å². The van der Waals surface area contributed by atoms with Gasteiger partial charge in [-0.3, -0.25) is 4.79 Å². The number of carbonyl (C=O) groups is 1. The van der Waals surface area contributed by atoms with Crippen LogP contribution in [0.15, 0.2) is 53.7 Å². The summed E-state index contributed by atoms with van der Waals surface area (Å²) in [5, 5.41) is 11.9. The molecule has 1 aromatic heterocycles. The van der Waals surface area contributed by atoms with Gasteiger partial charge in [0.1, 0.15) is 5.82 Å². The molecule has 8 heteroatoms. The Kier molecular flexibility index (Phi) is 6.13. The molecule has 3 aromatic rings. The fraction of sp³-hybridized carbons (Fsp3) is 0.211. The molecule has 0 aliphatic carbocycles. The van der Waals surface area contributed by atoms with E-state index in [9.17, 15) is 9.18 Å². The van der Waals surface area contributed by atoms with Crippen LogP contribution >= 0.6 is 23.4 Å². The van der Waals surface area contributed by atoms with Crippen LogP contribution in [-0.4, -0.2) is 25.9 Å². The van der Waals surface area contributed by atoms with Gasteiger partial charge < -0.3 is 9.88 Å². The Morgan fingerprint density at radius 1 is 1.22 bits per heavy atom. The van der Waals surface area contributed by atoms with E-state index in [1.165, 1.54) is 23.9 Å². The van der Waals surface area contributed by atoms with Crippen molar-refractivity contribution in [3.8, 4) is 11.4 Å². The fourth-order valence-corrected chi connectivity index (χ4v) is 3.52. The zero-order valence-electron chi connectivity index (χ0n) is 14.8. The summed E-state index contributed by atoms with van der Waals surface area (Å²) in [6.45, 7) is 4.38. The van der Waals surface area contributed by atoms with Crippen molar-refractivity contribution in [2.45, 2.75) is 30.8 Å². The highest BCUT2D eigenvalue weighted by Crippen LogP contribution is 2.28. The topological polar surface area (TPSA) is 59.8 Å². The Hall–Kier alpha value is -2.38. The molecule has 1 N–H and O–H groups in total. The van der Waals surface area contributed by atoms with Gasteiger partial charge in [0.15, 0.2) is 11.0 Å². The molecule has 1 unspecified atom stereocenters. The van der Waals surface area contributed by atoms with E-state index in [1.54, 1.807) is 31.2 Å². The molecule has 0 aliphatic rings. The molecule has 1 atom stereocenters. The molecule has 2 aromatic carbocycles. The highest BCUT2D eigenvalue weighted by molar-refractivity contribution is 8.00. The first kappa shape index (κ1) is 19.4. The van der Waals surface area contributed by atoms with Gasteiger partial charge >= 0.3 is 0 Å². The average Bonchev–Trinajstić information content (AvgIpc) is 3.06. The molecule has 3 rings (SSSR count). The standard InChI is InChI=1S/C19H18ClFN4OS/c1-3-25-17(13-8-10-14(20)11-9-13)23-24-19(25)27-12(2)18(26)22-16-7-5-4-6-15(16)21/h4-12H,3H2,1-2H3,(H,22,26). The minimum Gasteiger partial charge on any atom is -0.323 e.